The van der Waals surface area contributed by atoms with Gasteiger partial charge in [0, 0.05) is 11.6 Å². The van der Waals surface area contributed by atoms with Gasteiger partial charge in [0.05, 0.1) is 11.1 Å². The Kier molecular flexibility index (Phi) is 4.24. The molecule has 0 radical (unpaired) electrons. The van der Waals surface area contributed by atoms with E-state index in [0.29, 0.717) is 11.1 Å². The Hall–Kier alpha value is -2.30. The number of benzene rings is 1. The molecular formula is C18H23NO4. The predicted octanol–water partition coefficient (Wildman–Crippen LogP) is 4.38. The van der Waals surface area contributed by atoms with Gasteiger partial charge in [-0.1, -0.05) is 6.07 Å². The van der Waals surface area contributed by atoms with Crippen LogP contribution in [0, 0.1) is 0 Å². The lowest BCUT2D eigenvalue weighted by atomic mass is 10.1. The first-order chi connectivity index (χ1) is 10.5. The second-order valence-electron chi connectivity index (χ2n) is 7.44. The molecule has 1 aromatic carbocycles. The lowest BCUT2D eigenvalue weighted by Gasteiger charge is -2.20. The summed E-state index contributed by atoms with van der Waals surface area (Å²) in [4.78, 5) is 24.5. The van der Waals surface area contributed by atoms with Crippen LogP contribution in [0.15, 0.2) is 30.5 Å². The van der Waals surface area contributed by atoms with Crippen molar-refractivity contribution in [2.75, 3.05) is 0 Å². The number of ether oxygens (including phenoxy) is 2. The van der Waals surface area contributed by atoms with Crippen molar-refractivity contribution >= 4 is 23.0 Å². The fourth-order valence-corrected chi connectivity index (χ4v) is 2.06. The molecule has 0 aliphatic rings. The van der Waals surface area contributed by atoms with E-state index >= 15 is 0 Å². The summed E-state index contributed by atoms with van der Waals surface area (Å²) in [5, 5.41) is 0.850. The van der Waals surface area contributed by atoms with Crippen molar-refractivity contribution in [2.45, 2.75) is 52.7 Å². The van der Waals surface area contributed by atoms with Crippen molar-refractivity contribution < 1.29 is 19.1 Å². The van der Waals surface area contributed by atoms with Gasteiger partial charge in [-0.25, -0.2) is 9.59 Å². The third kappa shape index (κ3) is 4.34. The van der Waals surface area contributed by atoms with E-state index in [4.69, 9.17) is 9.47 Å². The second-order valence-corrected chi connectivity index (χ2v) is 7.44. The Morgan fingerprint density at radius 1 is 0.913 bits per heavy atom. The minimum atomic E-state index is -0.587. The van der Waals surface area contributed by atoms with Crippen LogP contribution in [-0.2, 0) is 9.47 Å². The van der Waals surface area contributed by atoms with E-state index in [1.54, 1.807) is 30.5 Å². The van der Waals surface area contributed by atoms with Gasteiger partial charge in [0.15, 0.2) is 0 Å². The molecule has 0 aliphatic carbocycles. The van der Waals surface area contributed by atoms with E-state index in [-0.39, 0.29) is 0 Å². The average Bonchev–Trinajstić information content (AvgIpc) is 2.77. The number of nitrogens with zero attached hydrogens (tertiary/aromatic N) is 1. The van der Waals surface area contributed by atoms with Gasteiger partial charge in [0.1, 0.15) is 11.2 Å². The van der Waals surface area contributed by atoms with E-state index in [1.807, 2.05) is 41.5 Å². The lowest BCUT2D eigenvalue weighted by Crippen LogP contribution is -2.26. The van der Waals surface area contributed by atoms with Crippen molar-refractivity contribution in [1.82, 2.24) is 4.57 Å². The Bertz CT molecular complexity index is 744. The summed E-state index contributed by atoms with van der Waals surface area (Å²) in [6.07, 6.45) is 1.16. The lowest BCUT2D eigenvalue weighted by molar-refractivity contribution is 0.00692. The molecule has 0 N–H and O–H groups in total. The summed E-state index contributed by atoms with van der Waals surface area (Å²) in [6, 6.07) is 6.93. The third-order valence-corrected chi connectivity index (χ3v) is 2.92. The van der Waals surface area contributed by atoms with Gasteiger partial charge in [0.2, 0.25) is 0 Å². The van der Waals surface area contributed by atoms with Gasteiger partial charge in [-0.05, 0) is 59.7 Å². The van der Waals surface area contributed by atoms with E-state index in [0.717, 1.165) is 5.39 Å². The van der Waals surface area contributed by atoms with E-state index in [9.17, 15) is 9.59 Å². The van der Waals surface area contributed by atoms with Crippen LogP contribution in [0.1, 0.15) is 51.9 Å². The fourth-order valence-electron chi connectivity index (χ4n) is 2.06. The summed E-state index contributed by atoms with van der Waals surface area (Å²) in [6.45, 7) is 10.9. The molecule has 23 heavy (non-hydrogen) atoms. The Balaban J connectivity index is 2.37. The molecule has 0 unspecified atom stereocenters. The van der Waals surface area contributed by atoms with E-state index < -0.39 is 23.3 Å². The number of carbonyl (C=O) groups is 2. The summed E-state index contributed by atoms with van der Waals surface area (Å²) >= 11 is 0. The topological polar surface area (TPSA) is 57.5 Å². The smallest absolute Gasteiger partial charge is 0.418 e. The molecule has 2 rings (SSSR count). The van der Waals surface area contributed by atoms with Crippen LogP contribution in [0.2, 0.25) is 0 Å². The first kappa shape index (κ1) is 17.1. The Morgan fingerprint density at radius 2 is 1.52 bits per heavy atom. The normalized spacial score (nSPS) is 12.3. The molecule has 1 aromatic heterocycles. The zero-order valence-electron chi connectivity index (χ0n) is 14.5. The van der Waals surface area contributed by atoms with Crippen LogP contribution in [0.25, 0.3) is 10.9 Å². The van der Waals surface area contributed by atoms with Crippen LogP contribution < -0.4 is 0 Å². The molecule has 1 heterocycles. The molecule has 0 atom stereocenters. The standard InChI is InChI=1S/C18H23NO4/c1-17(2,3)22-15(20)13-8-7-12-9-10-19(14(12)11-13)16(21)23-18(4,5)6/h7-11H,1-6H3. The molecule has 0 saturated heterocycles. The van der Waals surface area contributed by atoms with E-state index in [1.165, 1.54) is 4.57 Å². The largest absolute Gasteiger partial charge is 0.456 e. The van der Waals surface area contributed by atoms with Crippen molar-refractivity contribution in [3.05, 3.63) is 36.0 Å². The minimum absolute atomic E-state index is 0.399. The predicted molar refractivity (Wildman–Crippen MR) is 88.7 cm³/mol. The van der Waals surface area contributed by atoms with Crippen LogP contribution in [0.5, 0.6) is 0 Å². The highest BCUT2D eigenvalue weighted by Crippen LogP contribution is 2.21. The SMILES string of the molecule is CC(C)(C)OC(=O)c1ccc2ccn(C(=O)OC(C)(C)C)c2c1. The summed E-state index contributed by atoms with van der Waals surface area (Å²) in [5.74, 6) is -0.420. The summed E-state index contributed by atoms with van der Waals surface area (Å²) in [7, 11) is 0. The average molecular weight is 317 g/mol. The Morgan fingerprint density at radius 3 is 2.09 bits per heavy atom. The molecule has 5 heteroatoms. The van der Waals surface area contributed by atoms with Crippen LogP contribution in [0.3, 0.4) is 0 Å². The maximum absolute atomic E-state index is 12.3. The maximum Gasteiger partial charge on any atom is 0.418 e. The van der Waals surface area contributed by atoms with Gasteiger partial charge in [-0.2, -0.15) is 0 Å². The molecular weight excluding hydrogens is 294 g/mol. The number of esters is 1. The molecule has 0 amide bonds. The van der Waals surface area contributed by atoms with E-state index in [2.05, 4.69) is 0 Å². The molecule has 2 aromatic rings. The van der Waals surface area contributed by atoms with Gasteiger partial charge in [-0.3, -0.25) is 4.57 Å². The monoisotopic (exact) mass is 317 g/mol. The minimum Gasteiger partial charge on any atom is -0.456 e. The molecule has 5 nitrogen and oxygen atoms in total. The molecule has 124 valence electrons. The fraction of sp³-hybridized carbons (Fsp3) is 0.444. The molecule has 0 fully saturated rings. The highest BCUT2D eigenvalue weighted by atomic mass is 16.6. The quantitative estimate of drug-likeness (QED) is 0.732. The highest BCUT2D eigenvalue weighted by Gasteiger charge is 2.21. The van der Waals surface area contributed by atoms with Crippen LogP contribution >= 0.6 is 0 Å². The number of carbonyl (C=O) groups excluding carboxylic acids is 2. The number of aromatic nitrogens is 1. The summed E-state index contributed by atoms with van der Waals surface area (Å²) in [5.41, 5.74) is -0.145. The second kappa shape index (κ2) is 5.72. The third-order valence-electron chi connectivity index (χ3n) is 2.92. The van der Waals surface area contributed by atoms with Crippen molar-refractivity contribution in [2.24, 2.45) is 0 Å². The number of hydrogen-bond acceptors (Lipinski definition) is 4. The highest BCUT2D eigenvalue weighted by molar-refractivity contribution is 5.97. The number of rotatable bonds is 1. The van der Waals surface area contributed by atoms with Crippen molar-refractivity contribution in [3.8, 4) is 0 Å². The molecule has 0 spiro atoms. The maximum atomic E-state index is 12.3. The Labute approximate surface area is 136 Å². The van der Waals surface area contributed by atoms with Crippen LogP contribution in [0.4, 0.5) is 4.79 Å². The van der Waals surface area contributed by atoms with Gasteiger partial charge < -0.3 is 9.47 Å². The van der Waals surface area contributed by atoms with Gasteiger partial charge >= 0.3 is 12.1 Å². The number of fused-ring (bicyclic) bond motifs is 1. The van der Waals surface area contributed by atoms with Gasteiger partial charge in [0.25, 0.3) is 0 Å². The van der Waals surface area contributed by atoms with Crippen LogP contribution in [-0.4, -0.2) is 27.8 Å². The zero-order valence-corrected chi connectivity index (χ0v) is 14.5. The first-order valence-corrected chi connectivity index (χ1v) is 7.54. The number of hydrogen-bond donors (Lipinski definition) is 0. The zero-order chi connectivity index (χ0) is 17.4. The summed E-state index contributed by atoms with van der Waals surface area (Å²) < 4.78 is 12.1. The molecule has 0 saturated carbocycles. The van der Waals surface area contributed by atoms with Crippen molar-refractivity contribution in [3.63, 3.8) is 0 Å². The molecule has 0 bridgehead atoms. The van der Waals surface area contributed by atoms with Crippen molar-refractivity contribution in [1.29, 1.82) is 0 Å². The van der Waals surface area contributed by atoms with Gasteiger partial charge in [-0.15, -0.1) is 0 Å². The first-order valence-electron chi connectivity index (χ1n) is 7.54. The molecule has 0 aliphatic heterocycles.